The highest BCUT2D eigenvalue weighted by Gasteiger charge is 2.16. The molecule has 5 heteroatoms. The van der Waals surface area contributed by atoms with Gasteiger partial charge in [-0.05, 0) is 23.9 Å². The molecule has 0 saturated heterocycles. The summed E-state index contributed by atoms with van der Waals surface area (Å²) in [6, 6.07) is 16.2. The molecule has 3 aromatic rings. The molecular formula is C16H15N3S2. The average Bonchev–Trinajstić information content (AvgIpc) is 2.87. The Morgan fingerprint density at radius 3 is 2.52 bits per heavy atom. The van der Waals surface area contributed by atoms with Gasteiger partial charge in [-0.15, -0.1) is 0 Å². The molecule has 3 rings (SSSR count). The van der Waals surface area contributed by atoms with Crippen molar-refractivity contribution in [2.45, 2.75) is 5.03 Å². The lowest BCUT2D eigenvalue weighted by Gasteiger charge is -2.13. The number of aromatic nitrogens is 2. The molecular weight excluding hydrogens is 298 g/mol. The summed E-state index contributed by atoms with van der Waals surface area (Å²) in [7, 11) is 3.92. The minimum Gasteiger partial charge on any atom is -0.363 e. The molecule has 0 fully saturated rings. The molecule has 0 atom stereocenters. The summed E-state index contributed by atoms with van der Waals surface area (Å²) in [4.78, 5) is 6.70. The normalized spacial score (nSPS) is 10.8. The second-order valence-electron chi connectivity index (χ2n) is 4.82. The van der Waals surface area contributed by atoms with Crippen molar-refractivity contribution in [2.24, 2.45) is 0 Å². The van der Waals surface area contributed by atoms with Gasteiger partial charge in [-0.1, -0.05) is 48.6 Å². The smallest absolute Gasteiger partial charge is 0.142 e. The highest BCUT2D eigenvalue weighted by molar-refractivity contribution is 8.22. The van der Waals surface area contributed by atoms with Crippen LogP contribution in [-0.2, 0) is 0 Å². The molecule has 1 aromatic carbocycles. The van der Waals surface area contributed by atoms with Crippen LogP contribution in [0.2, 0.25) is 0 Å². The topological polar surface area (TPSA) is 20.5 Å². The Bertz CT molecular complexity index is 779. The van der Waals surface area contributed by atoms with Crippen molar-refractivity contribution >= 4 is 33.9 Å². The maximum Gasteiger partial charge on any atom is 0.142 e. The summed E-state index contributed by atoms with van der Waals surface area (Å²) in [6.07, 6.45) is 2.02. The third kappa shape index (κ3) is 2.80. The van der Waals surface area contributed by atoms with Gasteiger partial charge < -0.3 is 4.90 Å². The number of hydrogen-bond donors (Lipinski definition) is 0. The highest BCUT2D eigenvalue weighted by Crippen LogP contribution is 2.33. The van der Waals surface area contributed by atoms with Crippen LogP contribution in [0, 0.1) is 0 Å². The molecule has 2 heterocycles. The zero-order valence-corrected chi connectivity index (χ0v) is 13.5. The largest absolute Gasteiger partial charge is 0.363 e. The van der Waals surface area contributed by atoms with E-state index < -0.39 is 0 Å². The van der Waals surface area contributed by atoms with E-state index in [1.807, 2.05) is 61.6 Å². The van der Waals surface area contributed by atoms with E-state index in [0.717, 1.165) is 26.3 Å². The Labute approximate surface area is 133 Å². The fourth-order valence-electron chi connectivity index (χ4n) is 2.03. The number of thiocarbonyl (C=S) groups is 1. The maximum absolute atomic E-state index is 5.45. The number of thioether (sulfide) groups is 1. The Kier molecular flexibility index (Phi) is 3.94. The van der Waals surface area contributed by atoms with Crippen LogP contribution in [0.5, 0.6) is 0 Å². The summed E-state index contributed by atoms with van der Waals surface area (Å²) >= 11 is 7.01. The van der Waals surface area contributed by atoms with Gasteiger partial charge >= 0.3 is 0 Å². The molecule has 21 heavy (non-hydrogen) atoms. The van der Waals surface area contributed by atoms with E-state index in [9.17, 15) is 0 Å². The van der Waals surface area contributed by atoms with Crippen molar-refractivity contribution in [3.8, 4) is 11.3 Å². The molecule has 0 aliphatic carbocycles. The third-order valence-electron chi connectivity index (χ3n) is 3.08. The molecule has 0 radical (unpaired) electrons. The lowest BCUT2D eigenvalue weighted by Crippen LogP contribution is -2.16. The van der Waals surface area contributed by atoms with E-state index in [0.29, 0.717) is 0 Å². The first-order chi connectivity index (χ1) is 10.2. The minimum absolute atomic E-state index is 0.817. The van der Waals surface area contributed by atoms with E-state index in [4.69, 9.17) is 17.2 Å². The first-order valence-electron chi connectivity index (χ1n) is 6.58. The Morgan fingerprint density at radius 1 is 1.10 bits per heavy atom. The van der Waals surface area contributed by atoms with Crippen molar-refractivity contribution in [2.75, 3.05) is 14.1 Å². The number of nitrogens with zero attached hydrogens (tertiary/aromatic N) is 3. The lowest BCUT2D eigenvalue weighted by atomic mass is 10.2. The number of pyridine rings is 1. The van der Waals surface area contributed by atoms with E-state index in [2.05, 4.69) is 16.5 Å². The van der Waals surface area contributed by atoms with Crippen LogP contribution in [0.25, 0.3) is 16.9 Å². The Morgan fingerprint density at radius 2 is 1.81 bits per heavy atom. The molecule has 0 spiro atoms. The van der Waals surface area contributed by atoms with Crippen LogP contribution in [0.15, 0.2) is 59.8 Å². The SMILES string of the molecule is CN(C)C(=S)Sc1c(-c2ccccc2)nc2ccccn12. The monoisotopic (exact) mass is 313 g/mol. The fraction of sp³-hybridized carbons (Fsp3) is 0.125. The maximum atomic E-state index is 5.45. The number of rotatable bonds is 2. The Hall–Kier alpha value is -1.85. The minimum atomic E-state index is 0.817. The second kappa shape index (κ2) is 5.87. The van der Waals surface area contributed by atoms with E-state index in [-0.39, 0.29) is 0 Å². The van der Waals surface area contributed by atoms with E-state index >= 15 is 0 Å². The van der Waals surface area contributed by atoms with E-state index in [1.54, 1.807) is 11.8 Å². The van der Waals surface area contributed by atoms with Gasteiger partial charge in [-0.3, -0.25) is 4.40 Å². The first-order valence-corrected chi connectivity index (χ1v) is 7.81. The fourth-order valence-corrected chi connectivity index (χ4v) is 3.13. The molecule has 0 aliphatic rings. The van der Waals surface area contributed by atoms with Crippen molar-refractivity contribution < 1.29 is 0 Å². The summed E-state index contributed by atoms with van der Waals surface area (Å²) in [5.41, 5.74) is 3.00. The standard InChI is InChI=1S/C16H15N3S2/c1-18(2)16(20)21-15-14(12-8-4-3-5-9-12)17-13-10-6-7-11-19(13)15/h3-11H,1-2H3. The van der Waals surface area contributed by atoms with Crippen LogP contribution in [0.3, 0.4) is 0 Å². The average molecular weight is 313 g/mol. The molecule has 0 N–H and O–H groups in total. The third-order valence-corrected chi connectivity index (χ3v) is 4.82. The zero-order valence-electron chi connectivity index (χ0n) is 11.9. The number of hydrogen-bond acceptors (Lipinski definition) is 3. The van der Waals surface area contributed by atoms with Crippen molar-refractivity contribution in [3.05, 3.63) is 54.7 Å². The molecule has 3 nitrogen and oxygen atoms in total. The molecule has 0 aliphatic heterocycles. The molecule has 0 amide bonds. The van der Waals surface area contributed by atoms with Crippen molar-refractivity contribution in [3.63, 3.8) is 0 Å². The van der Waals surface area contributed by atoms with E-state index in [1.165, 1.54) is 0 Å². The van der Waals surface area contributed by atoms with Crippen molar-refractivity contribution in [1.82, 2.24) is 14.3 Å². The van der Waals surface area contributed by atoms with Crippen LogP contribution < -0.4 is 0 Å². The van der Waals surface area contributed by atoms with Crippen LogP contribution in [0.1, 0.15) is 0 Å². The predicted octanol–water partition coefficient (Wildman–Crippen LogP) is 3.94. The summed E-state index contributed by atoms with van der Waals surface area (Å²) in [5.74, 6) is 0. The van der Waals surface area contributed by atoms with Crippen LogP contribution in [-0.4, -0.2) is 32.7 Å². The number of imidazole rings is 1. The highest BCUT2D eigenvalue weighted by atomic mass is 32.2. The summed E-state index contributed by atoms with van der Waals surface area (Å²) in [5, 5.41) is 1.05. The summed E-state index contributed by atoms with van der Waals surface area (Å²) in [6.45, 7) is 0. The van der Waals surface area contributed by atoms with Crippen LogP contribution in [0.4, 0.5) is 0 Å². The first kappa shape index (κ1) is 14.1. The van der Waals surface area contributed by atoms with Gasteiger partial charge in [0.25, 0.3) is 0 Å². The van der Waals surface area contributed by atoms with Gasteiger partial charge in [0.1, 0.15) is 20.7 Å². The molecule has 2 aromatic heterocycles. The number of benzene rings is 1. The molecule has 0 saturated carbocycles. The summed E-state index contributed by atoms with van der Waals surface area (Å²) < 4.78 is 2.90. The predicted molar refractivity (Wildman–Crippen MR) is 92.8 cm³/mol. The van der Waals surface area contributed by atoms with Gasteiger partial charge in [-0.25, -0.2) is 4.98 Å². The van der Waals surface area contributed by atoms with Crippen molar-refractivity contribution in [1.29, 1.82) is 0 Å². The second-order valence-corrected chi connectivity index (χ2v) is 6.45. The van der Waals surface area contributed by atoms with Crippen LogP contribution >= 0.6 is 24.0 Å². The van der Waals surface area contributed by atoms with Gasteiger partial charge in [0, 0.05) is 25.9 Å². The molecule has 0 unspecified atom stereocenters. The van der Waals surface area contributed by atoms with Gasteiger partial charge in [-0.2, -0.15) is 0 Å². The molecule has 0 bridgehead atoms. The van der Waals surface area contributed by atoms with Gasteiger partial charge in [0.2, 0.25) is 0 Å². The number of fused-ring (bicyclic) bond motifs is 1. The molecule has 106 valence electrons. The lowest BCUT2D eigenvalue weighted by molar-refractivity contribution is 0.648. The quantitative estimate of drug-likeness (QED) is 0.527. The zero-order chi connectivity index (χ0) is 14.8. The Balaban J connectivity index is 2.17. The van der Waals surface area contributed by atoms with Gasteiger partial charge in [0.15, 0.2) is 0 Å². The van der Waals surface area contributed by atoms with Gasteiger partial charge in [0.05, 0.1) is 0 Å².